The average molecular weight is 345 g/mol. The van der Waals surface area contributed by atoms with E-state index in [4.69, 9.17) is 14.3 Å². The van der Waals surface area contributed by atoms with Gasteiger partial charge in [0.05, 0.1) is 5.39 Å². The number of nitrogens with one attached hydrogen (secondary N) is 1. The number of rotatable bonds is 5. The Morgan fingerprint density at radius 1 is 1.32 bits per heavy atom. The first-order valence-electron chi connectivity index (χ1n) is 8.12. The molecular formula is C18H19NO6. The molecule has 7 heteroatoms. The molecule has 0 fully saturated rings. The van der Waals surface area contributed by atoms with Crippen LogP contribution in [0.5, 0.6) is 5.75 Å². The number of carbonyl (C=O) groups is 2. The molecule has 0 radical (unpaired) electrons. The van der Waals surface area contributed by atoms with Crippen molar-refractivity contribution in [3.63, 3.8) is 0 Å². The molecule has 1 aliphatic rings. The van der Waals surface area contributed by atoms with Crippen LogP contribution in [-0.2, 0) is 22.4 Å². The number of aryl methyl sites for hydroxylation is 2. The van der Waals surface area contributed by atoms with Gasteiger partial charge in [0.25, 0.3) is 5.91 Å². The number of hydrogen-bond donors (Lipinski definition) is 2. The first kappa shape index (κ1) is 17.0. The summed E-state index contributed by atoms with van der Waals surface area (Å²) in [7, 11) is 0. The number of fused-ring (bicyclic) bond motifs is 3. The quantitative estimate of drug-likeness (QED) is 0.797. The number of carboxylic acid groups (broad SMARTS) is 1. The minimum absolute atomic E-state index is 0.316. The van der Waals surface area contributed by atoms with Gasteiger partial charge in [-0.1, -0.05) is 0 Å². The van der Waals surface area contributed by atoms with Crippen LogP contribution in [0.3, 0.4) is 0 Å². The van der Waals surface area contributed by atoms with E-state index in [9.17, 15) is 14.4 Å². The van der Waals surface area contributed by atoms with Crippen molar-refractivity contribution in [3.05, 3.63) is 39.2 Å². The van der Waals surface area contributed by atoms with Crippen LogP contribution in [0.4, 0.5) is 0 Å². The molecule has 0 saturated carbocycles. The monoisotopic (exact) mass is 345 g/mol. The maximum absolute atomic E-state index is 12.1. The Morgan fingerprint density at radius 2 is 2.04 bits per heavy atom. The van der Waals surface area contributed by atoms with Gasteiger partial charge in [-0.15, -0.1) is 0 Å². The second-order valence-corrected chi connectivity index (χ2v) is 6.21. The normalized spacial score (nSPS) is 14.2. The Morgan fingerprint density at radius 3 is 2.76 bits per heavy atom. The summed E-state index contributed by atoms with van der Waals surface area (Å²) in [6.45, 7) is 2.92. The first-order valence-corrected chi connectivity index (χ1v) is 8.12. The molecule has 1 aromatic carbocycles. The van der Waals surface area contributed by atoms with Crippen LogP contribution in [0.15, 0.2) is 21.3 Å². The maximum Gasteiger partial charge on any atom is 0.339 e. The van der Waals surface area contributed by atoms with E-state index >= 15 is 0 Å². The lowest BCUT2D eigenvalue weighted by molar-refractivity contribution is -0.139. The van der Waals surface area contributed by atoms with Gasteiger partial charge in [0.2, 0.25) is 0 Å². The SMILES string of the molecule is Cc1cc(OC(C)C(=O)NCC(=O)O)c2c3c(c(=O)oc2c1)CCC3. The molecule has 2 N–H and O–H groups in total. The second-order valence-electron chi connectivity index (χ2n) is 6.21. The Labute approximate surface area is 143 Å². The molecule has 7 nitrogen and oxygen atoms in total. The van der Waals surface area contributed by atoms with E-state index in [0.29, 0.717) is 23.3 Å². The van der Waals surface area contributed by atoms with Gasteiger partial charge in [-0.25, -0.2) is 4.79 Å². The van der Waals surface area contributed by atoms with E-state index in [1.165, 1.54) is 0 Å². The van der Waals surface area contributed by atoms with Gasteiger partial charge in [0.15, 0.2) is 6.10 Å². The van der Waals surface area contributed by atoms with Gasteiger partial charge in [0, 0.05) is 5.56 Å². The number of benzene rings is 1. The van der Waals surface area contributed by atoms with E-state index in [-0.39, 0.29) is 5.63 Å². The lowest BCUT2D eigenvalue weighted by Crippen LogP contribution is -2.39. The first-order chi connectivity index (χ1) is 11.9. The van der Waals surface area contributed by atoms with Gasteiger partial charge in [-0.3, -0.25) is 9.59 Å². The summed E-state index contributed by atoms with van der Waals surface area (Å²) in [5.41, 5.74) is 2.55. The van der Waals surface area contributed by atoms with Crippen molar-refractivity contribution in [1.82, 2.24) is 5.32 Å². The molecule has 1 amide bonds. The summed E-state index contributed by atoms with van der Waals surface area (Å²) >= 11 is 0. The molecule has 1 heterocycles. The topological polar surface area (TPSA) is 106 Å². The van der Waals surface area contributed by atoms with Crippen molar-refractivity contribution in [2.75, 3.05) is 6.54 Å². The van der Waals surface area contributed by atoms with Crippen molar-refractivity contribution in [2.45, 2.75) is 39.2 Å². The molecule has 1 aromatic heterocycles. The van der Waals surface area contributed by atoms with Crippen LogP contribution in [0.2, 0.25) is 0 Å². The van der Waals surface area contributed by atoms with E-state index in [1.807, 2.05) is 6.92 Å². The predicted octanol–water partition coefficient (Wildman–Crippen LogP) is 1.56. The second kappa shape index (κ2) is 6.58. The van der Waals surface area contributed by atoms with E-state index in [2.05, 4.69) is 5.32 Å². The molecule has 3 rings (SSSR count). The minimum atomic E-state index is -1.12. The van der Waals surface area contributed by atoms with Crippen molar-refractivity contribution in [2.24, 2.45) is 0 Å². The number of aliphatic carboxylic acids is 1. The summed E-state index contributed by atoms with van der Waals surface area (Å²) in [5, 5.41) is 11.7. The third-order valence-corrected chi connectivity index (χ3v) is 4.27. The van der Waals surface area contributed by atoms with Crippen molar-refractivity contribution in [3.8, 4) is 5.75 Å². The fourth-order valence-corrected chi connectivity index (χ4v) is 3.15. The van der Waals surface area contributed by atoms with E-state index in [0.717, 1.165) is 29.4 Å². The van der Waals surface area contributed by atoms with Crippen molar-refractivity contribution < 1.29 is 23.8 Å². The molecule has 1 aliphatic carbocycles. The fraction of sp³-hybridized carbons (Fsp3) is 0.389. The summed E-state index contributed by atoms with van der Waals surface area (Å²) < 4.78 is 11.2. The molecule has 0 saturated heterocycles. The molecule has 0 bridgehead atoms. The Balaban J connectivity index is 1.99. The Hall–Kier alpha value is -2.83. The highest BCUT2D eigenvalue weighted by Gasteiger charge is 2.24. The largest absolute Gasteiger partial charge is 0.480 e. The van der Waals surface area contributed by atoms with Gasteiger partial charge in [-0.2, -0.15) is 0 Å². The lowest BCUT2D eigenvalue weighted by atomic mass is 10.0. The molecule has 0 spiro atoms. The summed E-state index contributed by atoms with van der Waals surface area (Å²) in [4.78, 5) is 34.7. The lowest BCUT2D eigenvalue weighted by Gasteiger charge is -2.17. The highest BCUT2D eigenvalue weighted by molar-refractivity contribution is 5.90. The third-order valence-electron chi connectivity index (χ3n) is 4.27. The van der Waals surface area contributed by atoms with Crippen molar-refractivity contribution in [1.29, 1.82) is 0 Å². The van der Waals surface area contributed by atoms with Crippen LogP contribution in [-0.4, -0.2) is 29.6 Å². The van der Waals surface area contributed by atoms with Crippen molar-refractivity contribution >= 4 is 22.8 Å². The molecule has 2 aromatic rings. The molecule has 132 valence electrons. The average Bonchev–Trinajstić information content (AvgIpc) is 3.02. The van der Waals surface area contributed by atoms with Gasteiger partial charge < -0.3 is 19.6 Å². The zero-order chi connectivity index (χ0) is 18.1. The molecular weight excluding hydrogens is 326 g/mol. The molecule has 0 aliphatic heterocycles. The number of hydrogen-bond acceptors (Lipinski definition) is 5. The maximum atomic E-state index is 12.1. The standard InChI is InChI=1S/C18H19NO6/c1-9-6-13(24-10(2)17(22)19-8-15(20)21)16-11-4-3-5-12(11)18(23)25-14(16)7-9/h6-7,10H,3-5,8H2,1-2H3,(H,19,22)(H,20,21). The molecule has 1 unspecified atom stereocenters. The van der Waals surface area contributed by atoms with Crippen LogP contribution in [0.25, 0.3) is 11.0 Å². The van der Waals surface area contributed by atoms with Crippen LogP contribution < -0.4 is 15.7 Å². The highest BCUT2D eigenvalue weighted by atomic mass is 16.5. The Bertz CT molecular complexity index is 914. The van der Waals surface area contributed by atoms with Gasteiger partial charge >= 0.3 is 11.6 Å². The van der Waals surface area contributed by atoms with Crippen LogP contribution >= 0.6 is 0 Å². The predicted molar refractivity (Wildman–Crippen MR) is 90.0 cm³/mol. The van der Waals surface area contributed by atoms with Gasteiger partial charge in [-0.05, 0) is 56.4 Å². The number of amides is 1. The summed E-state index contributed by atoms with van der Waals surface area (Å²) in [5.74, 6) is -1.18. The summed E-state index contributed by atoms with van der Waals surface area (Å²) in [6, 6.07) is 3.57. The smallest absolute Gasteiger partial charge is 0.339 e. The van der Waals surface area contributed by atoms with Gasteiger partial charge in [0.1, 0.15) is 17.9 Å². The fourth-order valence-electron chi connectivity index (χ4n) is 3.15. The number of ether oxygens (including phenoxy) is 1. The summed E-state index contributed by atoms with van der Waals surface area (Å²) in [6.07, 6.45) is 1.43. The van der Waals surface area contributed by atoms with Crippen LogP contribution in [0.1, 0.15) is 30.0 Å². The molecule has 25 heavy (non-hydrogen) atoms. The molecule has 1 atom stereocenters. The Kier molecular flexibility index (Phi) is 4.48. The van der Waals surface area contributed by atoms with E-state index in [1.54, 1.807) is 19.1 Å². The number of carbonyl (C=O) groups excluding carboxylic acids is 1. The van der Waals surface area contributed by atoms with Crippen LogP contribution in [0, 0.1) is 6.92 Å². The number of carboxylic acids is 1. The zero-order valence-corrected chi connectivity index (χ0v) is 14.0. The highest BCUT2D eigenvalue weighted by Crippen LogP contribution is 2.35. The van der Waals surface area contributed by atoms with E-state index < -0.39 is 24.5 Å². The zero-order valence-electron chi connectivity index (χ0n) is 14.0. The third kappa shape index (κ3) is 3.35. The minimum Gasteiger partial charge on any atom is -0.480 e.